The van der Waals surface area contributed by atoms with Gasteiger partial charge in [-0.2, -0.15) is 5.26 Å². The predicted molar refractivity (Wildman–Crippen MR) is 50.8 cm³/mol. The topological polar surface area (TPSA) is 23.8 Å². The molecule has 0 heterocycles. The van der Waals surface area contributed by atoms with Crippen molar-refractivity contribution in [2.24, 2.45) is 29.6 Å². The van der Waals surface area contributed by atoms with E-state index in [1.54, 1.807) is 0 Å². The molecule has 3 aliphatic carbocycles. The van der Waals surface area contributed by atoms with Crippen LogP contribution in [0.5, 0.6) is 0 Å². The third-order valence-electron chi connectivity index (χ3n) is 4.92. The second-order valence-electron chi connectivity index (χ2n) is 5.28. The molecule has 2 bridgehead atoms. The second kappa shape index (κ2) is 2.74. The summed E-state index contributed by atoms with van der Waals surface area (Å²) in [5, 5.41) is 8.75. The molecule has 0 radical (unpaired) electrons. The molecule has 0 aromatic heterocycles. The van der Waals surface area contributed by atoms with Crippen molar-refractivity contribution in [3.63, 3.8) is 0 Å². The molecule has 0 spiro atoms. The van der Waals surface area contributed by atoms with E-state index in [0.717, 1.165) is 36.0 Å². The Balaban J connectivity index is 1.79. The highest BCUT2D eigenvalue weighted by atomic mass is 14.6. The highest BCUT2D eigenvalue weighted by molar-refractivity contribution is 5.04. The Hall–Kier alpha value is -0.510. The summed E-state index contributed by atoms with van der Waals surface area (Å²) in [6.07, 6.45) is 8.16. The maximum Gasteiger partial charge on any atom is 0.0624 e. The minimum atomic E-state index is 0.786. The van der Waals surface area contributed by atoms with Crippen molar-refractivity contribution >= 4 is 0 Å². The standard InChI is InChI=1S/C12H17N/c13-5-4-8-6-9-7-12(8)11-3-1-2-10(9)11/h8-12H,1-4,6-7H2/t8-,9-,10-,11-,12+/m1/s1. The Bertz CT molecular complexity index is 252. The lowest BCUT2D eigenvalue weighted by molar-refractivity contribution is 0.192. The van der Waals surface area contributed by atoms with Crippen LogP contribution in [0.2, 0.25) is 0 Å². The Morgan fingerprint density at radius 1 is 1.08 bits per heavy atom. The maximum absolute atomic E-state index is 8.75. The molecule has 3 aliphatic rings. The van der Waals surface area contributed by atoms with Crippen LogP contribution in [0.25, 0.3) is 0 Å². The summed E-state index contributed by atoms with van der Waals surface area (Å²) in [7, 11) is 0. The normalized spacial score (nSPS) is 52.1. The molecule has 3 fully saturated rings. The number of fused-ring (bicyclic) bond motifs is 5. The van der Waals surface area contributed by atoms with Crippen LogP contribution in [0.1, 0.15) is 38.5 Å². The lowest BCUT2D eigenvalue weighted by Gasteiger charge is -2.30. The van der Waals surface area contributed by atoms with Crippen LogP contribution in [-0.2, 0) is 0 Å². The van der Waals surface area contributed by atoms with Crippen LogP contribution in [0.4, 0.5) is 0 Å². The molecule has 3 saturated carbocycles. The van der Waals surface area contributed by atoms with Gasteiger partial charge in [0.1, 0.15) is 0 Å². The Morgan fingerprint density at radius 2 is 1.92 bits per heavy atom. The molecule has 0 aliphatic heterocycles. The summed E-state index contributed by atoms with van der Waals surface area (Å²) in [6.45, 7) is 0. The molecule has 0 aromatic rings. The average Bonchev–Trinajstić information content (AvgIpc) is 2.72. The molecule has 0 unspecified atom stereocenters. The van der Waals surface area contributed by atoms with Crippen molar-refractivity contribution in [2.45, 2.75) is 38.5 Å². The lowest BCUT2D eigenvalue weighted by Crippen LogP contribution is -2.23. The zero-order valence-corrected chi connectivity index (χ0v) is 8.08. The fourth-order valence-corrected chi connectivity index (χ4v) is 4.56. The van der Waals surface area contributed by atoms with E-state index in [2.05, 4.69) is 6.07 Å². The van der Waals surface area contributed by atoms with E-state index < -0.39 is 0 Å². The molecule has 0 N–H and O–H groups in total. The summed E-state index contributed by atoms with van der Waals surface area (Å²) in [5.74, 6) is 4.89. The highest BCUT2D eigenvalue weighted by Crippen LogP contribution is 2.61. The van der Waals surface area contributed by atoms with Crippen molar-refractivity contribution < 1.29 is 0 Å². The molecule has 0 saturated heterocycles. The van der Waals surface area contributed by atoms with Gasteiger partial charge >= 0.3 is 0 Å². The zero-order chi connectivity index (χ0) is 8.84. The fraction of sp³-hybridized carbons (Fsp3) is 0.917. The minimum Gasteiger partial charge on any atom is -0.198 e. The molecule has 70 valence electrons. The van der Waals surface area contributed by atoms with E-state index in [-0.39, 0.29) is 0 Å². The van der Waals surface area contributed by atoms with Gasteiger partial charge in [-0.15, -0.1) is 0 Å². The van der Waals surface area contributed by atoms with Crippen molar-refractivity contribution in [1.82, 2.24) is 0 Å². The van der Waals surface area contributed by atoms with Gasteiger partial charge in [0.15, 0.2) is 0 Å². The monoisotopic (exact) mass is 175 g/mol. The van der Waals surface area contributed by atoms with Crippen LogP contribution >= 0.6 is 0 Å². The van der Waals surface area contributed by atoms with Crippen molar-refractivity contribution in [1.29, 1.82) is 5.26 Å². The Labute approximate surface area is 80.1 Å². The van der Waals surface area contributed by atoms with Crippen LogP contribution < -0.4 is 0 Å². The van der Waals surface area contributed by atoms with E-state index in [1.165, 1.54) is 32.1 Å². The number of hydrogen-bond acceptors (Lipinski definition) is 1. The minimum absolute atomic E-state index is 0.786. The first kappa shape index (κ1) is 7.85. The molecule has 13 heavy (non-hydrogen) atoms. The molecule has 1 heteroatoms. The quantitative estimate of drug-likeness (QED) is 0.601. The van der Waals surface area contributed by atoms with E-state index in [9.17, 15) is 0 Å². The van der Waals surface area contributed by atoms with Gasteiger partial charge in [0.05, 0.1) is 6.07 Å². The first-order valence-electron chi connectivity index (χ1n) is 5.77. The van der Waals surface area contributed by atoms with Gasteiger partial charge in [0, 0.05) is 6.42 Å². The van der Waals surface area contributed by atoms with Gasteiger partial charge in [-0.05, 0) is 55.3 Å². The summed E-state index contributed by atoms with van der Waals surface area (Å²) in [5.41, 5.74) is 0. The van der Waals surface area contributed by atoms with Crippen LogP contribution in [0, 0.1) is 40.9 Å². The summed E-state index contributed by atoms with van der Waals surface area (Å²) in [4.78, 5) is 0. The van der Waals surface area contributed by atoms with Gasteiger partial charge < -0.3 is 0 Å². The average molecular weight is 175 g/mol. The molecular weight excluding hydrogens is 158 g/mol. The number of nitriles is 1. The molecule has 0 amide bonds. The predicted octanol–water partition coefficient (Wildman–Crippen LogP) is 2.97. The first-order chi connectivity index (χ1) is 6.40. The van der Waals surface area contributed by atoms with Crippen LogP contribution in [-0.4, -0.2) is 0 Å². The number of nitrogens with zero attached hydrogens (tertiary/aromatic N) is 1. The van der Waals surface area contributed by atoms with Crippen LogP contribution in [0.3, 0.4) is 0 Å². The molecular formula is C12H17N. The van der Waals surface area contributed by atoms with Gasteiger partial charge in [-0.25, -0.2) is 0 Å². The second-order valence-corrected chi connectivity index (χ2v) is 5.28. The molecule has 0 aromatic carbocycles. The Morgan fingerprint density at radius 3 is 2.77 bits per heavy atom. The van der Waals surface area contributed by atoms with Crippen molar-refractivity contribution in [2.75, 3.05) is 0 Å². The van der Waals surface area contributed by atoms with Gasteiger partial charge in [-0.3, -0.25) is 0 Å². The maximum atomic E-state index is 8.75. The SMILES string of the molecule is N#CC[C@@H]1C[C@@H]2C[C@@H]1[C@@H]1CCC[C@H]21. The van der Waals surface area contributed by atoms with Crippen molar-refractivity contribution in [3.05, 3.63) is 0 Å². The highest BCUT2D eigenvalue weighted by Gasteiger charge is 2.53. The van der Waals surface area contributed by atoms with Gasteiger partial charge in [0.2, 0.25) is 0 Å². The van der Waals surface area contributed by atoms with E-state index >= 15 is 0 Å². The first-order valence-corrected chi connectivity index (χ1v) is 5.77. The molecule has 1 nitrogen and oxygen atoms in total. The van der Waals surface area contributed by atoms with Crippen molar-refractivity contribution in [3.8, 4) is 6.07 Å². The zero-order valence-electron chi connectivity index (χ0n) is 8.08. The third kappa shape index (κ3) is 0.980. The van der Waals surface area contributed by atoms with Crippen LogP contribution in [0.15, 0.2) is 0 Å². The largest absolute Gasteiger partial charge is 0.198 e. The van der Waals surface area contributed by atoms with E-state index in [4.69, 9.17) is 5.26 Å². The third-order valence-corrected chi connectivity index (χ3v) is 4.92. The molecule has 3 rings (SSSR count). The molecule has 5 atom stereocenters. The summed E-state index contributed by atoms with van der Waals surface area (Å²) < 4.78 is 0. The summed E-state index contributed by atoms with van der Waals surface area (Å²) in [6, 6.07) is 2.37. The van der Waals surface area contributed by atoms with E-state index in [0.29, 0.717) is 0 Å². The fourth-order valence-electron chi connectivity index (χ4n) is 4.56. The number of hydrogen-bond donors (Lipinski definition) is 0. The number of rotatable bonds is 1. The van der Waals surface area contributed by atoms with Gasteiger partial charge in [-0.1, -0.05) is 6.42 Å². The summed E-state index contributed by atoms with van der Waals surface area (Å²) >= 11 is 0. The smallest absolute Gasteiger partial charge is 0.0624 e. The lowest BCUT2D eigenvalue weighted by atomic mass is 9.75. The van der Waals surface area contributed by atoms with E-state index in [1.807, 2.05) is 0 Å². The van der Waals surface area contributed by atoms with Gasteiger partial charge in [0.25, 0.3) is 0 Å². The Kier molecular flexibility index (Phi) is 1.65.